The monoisotopic (exact) mass is 323 g/mol. The highest BCUT2D eigenvalue weighted by molar-refractivity contribution is 6.01. The van der Waals surface area contributed by atoms with Gasteiger partial charge in [0.15, 0.2) is 0 Å². The summed E-state index contributed by atoms with van der Waals surface area (Å²) in [5, 5.41) is 6.12. The predicted octanol–water partition coefficient (Wildman–Crippen LogP) is 3.28. The number of amidine groups is 1. The molecule has 1 aromatic rings. The molecule has 2 aliphatic rings. The van der Waals surface area contributed by atoms with Crippen molar-refractivity contribution < 1.29 is 17.9 Å². The first-order valence-electron chi connectivity index (χ1n) is 7.26. The van der Waals surface area contributed by atoms with E-state index in [0.29, 0.717) is 24.4 Å². The summed E-state index contributed by atoms with van der Waals surface area (Å²) < 4.78 is 41.9. The van der Waals surface area contributed by atoms with Crippen LogP contribution in [0.1, 0.15) is 18.9 Å². The molecule has 0 saturated heterocycles. The van der Waals surface area contributed by atoms with Crippen molar-refractivity contribution in [3.63, 3.8) is 0 Å². The van der Waals surface area contributed by atoms with Crippen LogP contribution in [0.25, 0.3) is 5.57 Å². The summed E-state index contributed by atoms with van der Waals surface area (Å²) >= 11 is 0. The van der Waals surface area contributed by atoms with Crippen LogP contribution in [0.4, 0.5) is 13.2 Å². The van der Waals surface area contributed by atoms with Crippen LogP contribution in [0.2, 0.25) is 0 Å². The summed E-state index contributed by atoms with van der Waals surface area (Å²) in [7, 11) is 0. The lowest BCUT2D eigenvalue weighted by Gasteiger charge is -2.27. The topological polar surface area (TPSA) is 50.8 Å². The molecule has 0 spiro atoms. The van der Waals surface area contributed by atoms with Gasteiger partial charge in [0.25, 0.3) is 0 Å². The van der Waals surface area contributed by atoms with E-state index in [-0.39, 0.29) is 11.8 Å². The molecule has 0 saturated carbocycles. The van der Waals surface area contributed by atoms with Gasteiger partial charge < -0.3 is 10.5 Å². The zero-order valence-corrected chi connectivity index (χ0v) is 12.5. The number of likely N-dealkylation sites (N-methyl/N-ethyl adjacent to an activating group) is 1. The fraction of sp³-hybridized carbons (Fsp3) is 0.312. The van der Waals surface area contributed by atoms with Crippen LogP contribution in [0.15, 0.2) is 47.1 Å². The molecule has 1 atom stereocenters. The molecule has 122 valence electrons. The minimum Gasteiger partial charge on any atom is -0.405 e. The number of allylic oxidation sites excluding steroid dienone is 2. The Morgan fingerprint density at radius 3 is 2.74 bits per heavy atom. The molecule has 1 aliphatic heterocycles. The molecule has 1 unspecified atom stereocenters. The van der Waals surface area contributed by atoms with Crippen LogP contribution >= 0.6 is 0 Å². The number of nitrogens with zero attached hydrogens (tertiary/aromatic N) is 2. The van der Waals surface area contributed by atoms with E-state index in [1.807, 2.05) is 18.0 Å². The van der Waals surface area contributed by atoms with Gasteiger partial charge in [-0.1, -0.05) is 30.4 Å². The number of hydrogen-bond acceptors (Lipinski definition) is 4. The van der Waals surface area contributed by atoms with E-state index in [2.05, 4.69) is 9.84 Å². The summed E-state index contributed by atoms with van der Waals surface area (Å²) in [5.41, 5.74) is 7.99. The standard InChI is InChI=1S/C16H16F3N3O/c1-2-22-13-9-10(7-8-12(13)15(20)21-22)11-5-3-4-6-14(11)23-16(17,18)19/h3-8,13H,2,9H2,1H3,(H2,20,21). The first-order chi connectivity index (χ1) is 10.9. The highest BCUT2D eigenvalue weighted by Crippen LogP contribution is 2.38. The number of alkyl halides is 3. The van der Waals surface area contributed by atoms with E-state index in [1.165, 1.54) is 12.1 Å². The largest absolute Gasteiger partial charge is 0.573 e. The minimum atomic E-state index is -4.72. The van der Waals surface area contributed by atoms with E-state index >= 15 is 0 Å². The third-order valence-corrected chi connectivity index (χ3v) is 3.91. The number of halogens is 3. The quantitative estimate of drug-likeness (QED) is 0.929. The Morgan fingerprint density at radius 1 is 1.30 bits per heavy atom. The van der Waals surface area contributed by atoms with Crippen LogP contribution in [0.3, 0.4) is 0 Å². The van der Waals surface area contributed by atoms with Crippen molar-refractivity contribution in [3.8, 4) is 5.75 Å². The molecule has 0 bridgehead atoms. The number of ether oxygens (including phenoxy) is 1. The lowest BCUT2D eigenvalue weighted by molar-refractivity contribution is -0.274. The number of para-hydroxylation sites is 1. The predicted molar refractivity (Wildman–Crippen MR) is 81.6 cm³/mol. The van der Waals surface area contributed by atoms with Gasteiger partial charge in [-0.3, -0.25) is 5.01 Å². The average molecular weight is 323 g/mol. The van der Waals surface area contributed by atoms with Crippen molar-refractivity contribution in [1.82, 2.24) is 5.01 Å². The van der Waals surface area contributed by atoms with Gasteiger partial charge >= 0.3 is 6.36 Å². The van der Waals surface area contributed by atoms with E-state index in [1.54, 1.807) is 18.2 Å². The van der Waals surface area contributed by atoms with Crippen LogP contribution in [0, 0.1) is 0 Å². The Kier molecular flexibility index (Phi) is 3.79. The Labute approximate surface area is 131 Å². The number of benzene rings is 1. The van der Waals surface area contributed by atoms with Crippen molar-refractivity contribution >= 4 is 11.4 Å². The molecule has 3 rings (SSSR count). The van der Waals surface area contributed by atoms with Crippen molar-refractivity contribution in [2.75, 3.05) is 6.54 Å². The second kappa shape index (κ2) is 5.64. The number of rotatable bonds is 3. The molecule has 0 aromatic heterocycles. The molecule has 0 amide bonds. The second-order valence-corrected chi connectivity index (χ2v) is 5.32. The minimum absolute atomic E-state index is 0.0426. The smallest absolute Gasteiger partial charge is 0.405 e. The van der Waals surface area contributed by atoms with Crippen molar-refractivity contribution in [2.24, 2.45) is 10.8 Å². The maximum Gasteiger partial charge on any atom is 0.573 e. The lowest BCUT2D eigenvalue weighted by Crippen LogP contribution is -2.30. The zero-order valence-electron chi connectivity index (χ0n) is 12.5. The van der Waals surface area contributed by atoms with Crippen molar-refractivity contribution in [2.45, 2.75) is 25.7 Å². The Balaban J connectivity index is 1.94. The van der Waals surface area contributed by atoms with Gasteiger partial charge in [0, 0.05) is 17.7 Å². The van der Waals surface area contributed by atoms with Gasteiger partial charge in [-0.15, -0.1) is 13.2 Å². The summed E-state index contributed by atoms with van der Waals surface area (Å²) in [6.07, 6.45) is -0.584. The molecule has 23 heavy (non-hydrogen) atoms. The Hall–Kier alpha value is -2.44. The van der Waals surface area contributed by atoms with Gasteiger partial charge in [-0.2, -0.15) is 5.10 Å². The van der Waals surface area contributed by atoms with Gasteiger partial charge in [0.05, 0.1) is 6.04 Å². The number of nitrogens with two attached hydrogens (primary N) is 1. The van der Waals surface area contributed by atoms with Gasteiger partial charge in [0.1, 0.15) is 11.6 Å². The average Bonchev–Trinajstić information content (AvgIpc) is 2.82. The van der Waals surface area contributed by atoms with Crippen molar-refractivity contribution in [3.05, 3.63) is 47.6 Å². The normalized spacial score (nSPS) is 20.6. The molecule has 1 heterocycles. The molecule has 7 heteroatoms. The second-order valence-electron chi connectivity index (χ2n) is 5.32. The van der Waals surface area contributed by atoms with Crippen molar-refractivity contribution in [1.29, 1.82) is 0 Å². The third kappa shape index (κ3) is 3.04. The zero-order chi connectivity index (χ0) is 16.6. The lowest BCUT2D eigenvalue weighted by atomic mass is 9.89. The summed E-state index contributed by atoms with van der Waals surface area (Å²) in [6, 6.07) is 6.11. The molecule has 1 aromatic carbocycles. The SMILES string of the molecule is CCN1N=C(N)C2=CC=C(c3ccccc3OC(F)(F)F)CC21. The number of hydrogen-bond donors (Lipinski definition) is 1. The molecular formula is C16H16F3N3O. The van der Waals surface area contributed by atoms with E-state index < -0.39 is 6.36 Å². The summed E-state index contributed by atoms with van der Waals surface area (Å²) in [6.45, 7) is 2.63. The molecular weight excluding hydrogens is 307 g/mol. The van der Waals surface area contributed by atoms with E-state index in [4.69, 9.17) is 5.73 Å². The molecule has 0 fully saturated rings. The maximum absolute atomic E-state index is 12.6. The third-order valence-electron chi connectivity index (χ3n) is 3.91. The number of hydrazone groups is 1. The Bertz CT molecular complexity index is 707. The van der Waals surface area contributed by atoms with E-state index in [9.17, 15) is 13.2 Å². The fourth-order valence-electron chi connectivity index (χ4n) is 2.91. The highest BCUT2D eigenvalue weighted by Gasteiger charge is 2.35. The first kappa shape index (κ1) is 15.5. The van der Waals surface area contributed by atoms with Gasteiger partial charge in [-0.25, -0.2) is 0 Å². The summed E-state index contributed by atoms with van der Waals surface area (Å²) in [5.74, 6) is 0.269. The molecule has 1 aliphatic carbocycles. The van der Waals surface area contributed by atoms with Gasteiger partial charge in [-0.05, 0) is 25.0 Å². The molecule has 0 radical (unpaired) electrons. The van der Waals surface area contributed by atoms with Crippen LogP contribution < -0.4 is 10.5 Å². The molecule has 2 N–H and O–H groups in total. The Morgan fingerprint density at radius 2 is 2.04 bits per heavy atom. The number of fused-ring (bicyclic) bond motifs is 1. The highest BCUT2D eigenvalue weighted by atomic mass is 19.4. The molecule has 4 nitrogen and oxygen atoms in total. The van der Waals surface area contributed by atoms with Crippen LogP contribution in [0.5, 0.6) is 5.75 Å². The van der Waals surface area contributed by atoms with Crippen LogP contribution in [-0.4, -0.2) is 29.8 Å². The first-order valence-corrected chi connectivity index (χ1v) is 7.26. The van der Waals surface area contributed by atoms with Crippen LogP contribution in [-0.2, 0) is 0 Å². The fourth-order valence-corrected chi connectivity index (χ4v) is 2.91. The van der Waals surface area contributed by atoms with Gasteiger partial charge in [0.2, 0.25) is 0 Å². The summed E-state index contributed by atoms with van der Waals surface area (Å²) in [4.78, 5) is 0. The van der Waals surface area contributed by atoms with E-state index in [0.717, 1.165) is 11.1 Å². The maximum atomic E-state index is 12.6.